The van der Waals surface area contributed by atoms with E-state index in [-0.39, 0.29) is 5.91 Å². The third kappa shape index (κ3) is 9.04. The molecule has 0 fully saturated rings. The SMILES string of the molecule is CCCCCC(C)NC(=O)CSC(C)CN. The van der Waals surface area contributed by atoms with E-state index in [4.69, 9.17) is 5.73 Å². The van der Waals surface area contributed by atoms with Crippen molar-refractivity contribution in [1.29, 1.82) is 0 Å². The predicted octanol–water partition coefficient (Wildman–Crippen LogP) is 2.15. The Morgan fingerprint density at radius 1 is 1.38 bits per heavy atom. The Hall–Kier alpha value is -0.220. The third-order valence-electron chi connectivity index (χ3n) is 2.48. The molecule has 0 bridgehead atoms. The molecule has 4 heteroatoms. The second-order valence-corrected chi connectivity index (χ2v) is 5.75. The quantitative estimate of drug-likeness (QED) is 0.613. The van der Waals surface area contributed by atoms with Crippen LogP contribution in [0.3, 0.4) is 0 Å². The second kappa shape index (κ2) is 9.97. The highest BCUT2D eigenvalue weighted by Gasteiger charge is 2.08. The molecule has 1 amide bonds. The lowest BCUT2D eigenvalue weighted by Crippen LogP contribution is -2.34. The number of nitrogens with one attached hydrogen (secondary N) is 1. The minimum absolute atomic E-state index is 0.134. The van der Waals surface area contributed by atoms with Crippen molar-refractivity contribution in [2.24, 2.45) is 5.73 Å². The van der Waals surface area contributed by atoms with E-state index in [1.54, 1.807) is 11.8 Å². The fraction of sp³-hybridized carbons (Fsp3) is 0.917. The first kappa shape index (κ1) is 15.8. The number of unbranched alkanes of at least 4 members (excludes halogenated alkanes) is 2. The summed E-state index contributed by atoms with van der Waals surface area (Å²) in [4.78, 5) is 11.5. The molecule has 0 aromatic heterocycles. The van der Waals surface area contributed by atoms with Gasteiger partial charge < -0.3 is 11.1 Å². The van der Waals surface area contributed by atoms with E-state index in [1.807, 2.05) is 6.92 Å². The van der Waals surface area contributed by atoms with E-state index >= 15 is 0 Å². The Morgan fingerprint density at radius 3 is 2.62 bits per heavy atom. The molecule has 0 spiro atoms. The summed E-state index contributed by atoms with van der Waals surface area (Å²) < 4.78 is 0. The Bertz CT molecular complexity index is 188. The van der Waals surface area contributed by atoms with E-state index in [0.29, 0.717) is 23.6 Å². The number of thioether (sulfide) groups is 1. The molecular formula is C12H26N2OS. The monoisotopic (exact) mass is 246 g/mol. The van der Waals surface area contributed by atoms with Gasteiger partial charge in [-0.2, -0.15) is 0 Å². The van der Waals surface area contributed by atoms with Gasteiger partial charge in [0.1, 0.15) is 0 Å². The van der Waals surface area contributed by atoms with Crippen LogP contribution in [0.2, 0.25) is 0 Å². The molecular weight excluding hydrogens is 220 g/mol. The van der Waals surface area contributed by atoms with Crippen molar-refractivity contribution in [2.45, 2.75) is 57.7 Å². The van der Waals surface area contributed by atoms with E-state index in [9.17, 15) is 4.79 Å². The van der Waals surface area contributed by atoms with Crippen LogP contribution >= 0.6 is 11.8 Å². The molecule has 0 aromatic carbocycles. The smallest absolute Gasteiger partial charge is 0.230 e. The van der Waals surface area contributed by atoms with Crippen LogP contribution < -0.4 is 11.1 Å². The van der Waals surface area contributed by atoms with Crippen LogP contribution in [0.4, 0.5) is 0 Å². The molecule has 0 aliphatic heterocycles. The summed E-state index contributed by atoms with van der Waals surface area (Å²) in [5.41, 5.74) is 5.49. The van der Waals surface area contributed by atoms with Crippen molar-refractivity contribution in [3.05, 3.63) is 0 Å². The molecule has 0 saturated heterocycles. The lowest BCUT2D eigenvalue weighted by atomic mass is 10.1. The molecule has 0 saturated carbocycles. The van der Waals surface area contributed by atoms with Crippen LogP contribution in [0.15, 0.2) is 0 Å². The molecule has 0 heterocycles. The lowest BCUT2D eigenvalue weighted by molar-refractivity contribution is -0.119. The average Bonchev–Trinajstić information content (AvgIpc) is 2.26. The first-order valence-corrected chi connectivity index (χ1v) is 7.26. The Morgan fingerprint density at radius 2 is 2.06 bits per heavy atom. The summed E-state index contributed by atoms with van der Waals surface area (Å²) in [5, 5.41) is 3.38. The molecule has 3 N–H and O–H groups in total. The van der Waals surface area contributed by atoms with Crippen LogP contribution in [0.1, 0.15) is 46.5 Å². The topological polar surface area (TPSA) is 55.1 Å². The van der Waals surface area contributed by atoms with Crippen LogP contribution in [0.5, 0.6) is 0 Å². The molecule has 0 rings (SSSR count). The summed E-state index contributed by atoms with van der Waals surface area (Å²) in [6.45, 7) is 6.94. The fourth-order valence-electron chi connectivity index (χ4n) is 1.38. The van der Waals surface area contributed by atoms with Crippen LogP contribution in [0.25, 0.3) is 0 Å². The zero-order chi connectivity index (χ0) is 12.4. The van der Waals surface area contributed by atoms with E-state index in [2.05, 4.69) is 19.2 Å². The standard InChI is InChI=1S/C12H26N2OS/c1-4-5-6-7-10(2)14-12(15)9-16-11(3)8-13/h10-11H,4-9,13H2,1-3H3,(H,14,15). The van der Waals surface area contributed by atoms with Crippen molar-refractivity contribution in [3.63, 3.8) is 0 Å². The summed E-state index contributed by atoms with van der Waals surface area (Å²) in [6, 6.07) is 0.299. The van der Waals surface area contributed by atoms with Crippen molar-refractivity contribution < 1.29 is 4.79 Å². The molecule has 0 aromatic rings. The number of amides is 1. The highest BCUT2D eigenvalue weighted by atomic mass is 32.2. The van der Waals surface area contributed by atoms with Gasteiger partial charge in [0.2, 0.25) is 5.91 Å². The predicted molar refractivity (Wildman–Crippen MR) is 72.7 cm³/mol. The number of carbonyl (C=O) groups excluding carboxylic acids is 1. The Labute approximate surface area is 104 Å². The third-order valence-corrected chi connectivity index (χ3v) is 3.67. The number of hydrogen-bond donors (Lipinski definition) is 2. The first-order chi connectivity index (χ1) is 7.60. The first-order valence-electron chi connectivity index (χ1n) is 6.21. The highest BCUT2D eigenvalue weighted by Crippen LogP contribution is 2.08. The minimum atomic E-state index is 0.134. The molecule has 3 nitrogen and oxygen atoms in total. The second-order valence-electron chi connectivity index (χ2n) is 4.32. The molecule has 2 atom stereocenters. The van der Waals surface area contributed by atoms with Gasteiger partial charge in [-0.3, -0.25) is 4.79 Å². The number of rotatable bonds is 9. The summed E-state index contributed by atoms with van der Waals surface area (Å²) in [6.07, 6.45) is 4.75. The van der Waals surface area contributed by atoms with Gasteiger partial charge in [-0.15, -0.1) is 11.8 Å². The van der Waals surface area contributed by atoms with Gasteiger partial charge in [0.25, 0.3) is 0 Å². The normalized spacial score (nSPS) is 14.5. The molecule has 16 heavy (non-hydrogen) atoms. The van der Waals surface area contributed by atoms with Gasteiger partial charge in [-0.25, -0.2) is 0 Å². The zero-order valence-electron chi connectivity index (χ0n) is 10.8. The van der Waals surface area contributed by atoms with Gasteiger partial charge >= 0.3 is 0 Å². The maximum absolute atomic E-state index is 11.5. The van der Waals surface area contributed by atoms with Crippen molar-refractivity contribution >= 4 is 17.7 Å². The highest BCUT2D eigenvalue weighted by molar-refractivity contribution is 8.00. The molecule has 96 valence electrons. The van der Waals surface area contributed by atoms with E-state index < -0.39 is 0 Å². The van der Waals surface area contributed by atoms with E-state index in [0.717, 1.165) is 6.42 Å². The maximum Gasteiger partial charge on any atom is 0.230 e. The maximum atomic E-state index is 11.5. The largest absolute Gasteiger partial charge is 0.353 e. The van der Waals surface area contributed by atoms with Crippen LogP contribution in [-0.4, -0.2) is 29.5 Å². The van der Waals surface area contributed by atoms with Gasteiger partial charge in [0.15, 0.2) is 0 Å². The van der Waals surface area contributed by atoms with Crippen LogP contribution in [0, 0.1) is 0 Å². The average molecular weight is 246 g/mol. The van der Waals surface area contributed by atoms with Gasteiger partial charge in [-0.05, 0) is 13.3 Å². The van der Waals surface area contributed by atoms with E-state index in [1.165, 1.54) is 19.3 Å². The summed E-state index contributed by atoms with van der Waals surface area (Å²) in [5.74, 6) is 0.658. The number of nitrogens with two attached hydrogens (primary N) is 1. The number of hydrogen-bond acceptors (Lipinski definition) is 3. The lowest BCUT2D eigenvalue weighted by Gasteiger charge is -2.14. The fourth-order valence-corrected chi connectivity index (χ4v) is 2.03. The number of carbonyl (C=O) groups is 1. The van der Waals surface area contributed by atoms with Gasteiger partial charge in [-0.1, -0.05) is 33.1 Å². The molecule has 0 aliphatic rings. The molecule has 0 radical (unpaired) electrons. The van der Waals surface area contributed by atoms with Gasteiger partial charge in [0, 0.05) is 17.8 Å². The van der Waals surface area contributed by atoms with Crippen molar-refractivity contribution in [1.82, 2.24) is 5.32 Å². The van der Waals surface area contributed by atoms with Crippen LogP contribution in [-0.2, 0) is 4.79 Å². The van der Waals surface area contributed by atoms with Crippen molar-refractivity contribution in [2.75, 3.05) is 12.3 Å². The van der Waals surface area contributed by atoms with Gasteiger partial charge in [0.05, 0.1) is 5.75 Å². The minimum Gasteiger partial charge on any atom is -0.353 e. The Balaban J connectivity index is 3.54. The summed E-state index contributed by atoms with van der Waals surface area (Å²) in [7, 11) is 0. The Kier molecular flexibility index (Phi) is 9.83. The molecule has 0 aliphatic carbocycles. The molecule has 2 unspecified atom stereocenters. The van der Waals surface area contributed by atoms with Crippen molar-refractivity contribution in [3.8, 4) is 0 Å². The summed E-state index contributed by atoms with van der Waals surface area (Å²) >= 11 is 1.62. The zero-order valence-corrected chi connectivity index (χ0v) is 11.6.